The van der Waals surface area contributed by atoms with E-state index in [0.29, 0.717) is 18.6 Å². The van der Waals surface area contributed by atoms with Gasteiger partial charge in [-0.15, -0.1) is 0 Å². The van der Waals surface area contributed by atoms with Crippen molar-refractivity contribution in [3.8, 4) is 11.5 Å². The molecule has 5 nitrogen and oxygen atoms in total. The Morgan fingerprint density at radius 1 is 0.879 bits per heavy atom. The topological polar surface area (TPSA) is 73.3 Å². The summed E-state index contributed by atoms with van der Waals surface area (Å²) in [6.07, 6.45) is 2.61. The maximum atomic E-state index is 13.0. The number of carbonyl (C=O) groups excluding carboxylic acids is 3. The minimum atomic E-state index is -0.297. The number of fused-ring (bicyclic) bond motifs is 1. The molecule has 4 aromatic rings. The molecule has 33 heavy (non-hydrogen) atoms. The van der Waals surface area contributed by atoms with Crippen LogP contribution in [0.25, 0.3) is 10.9 Å². The van der Waals surface area contributed by atoms with Crippen LogP contribution in [0.3, 0.4) is 0 Å². The number of hydrogen-bond donors (Lipinski definition) is 0. The third kappa shape index (κ3) is 6.42. The Hall–Kier alpha value is -4.15. The Morgan fingerprint density at radius 3 is 2.03 bits per heavy atom. The zero-order chi connectivity index (χ0) is 23.8. The van der Waals surface area contributed by atoms with Crippen LogP contribution in [0.1, 0.15) is 22.3 Å². The molecule has 3 aromatic carbocycles. The van der Waals surface area contributed by atoms with Crippen molar-refractivity contribution in [3.63, 3.8) is 0 Å². The van der Waals surface area contributed by atoms with Crippen molar-refractivity contribution in [3.05, 3.63) is 101 Å². The van der Waals surface area contributed by atoms with Gasteiger partial charge in [-0.25, -0.2) is 4.39 Å². The molecule has 0 saturated carbocycles. The van der Waals surface area contributed by atoms with E-state index in [1.165, 1.54) is 23.3 Å². The van der Waals surface area contributed by atoms with Gasteiger partial charge in [-0.3, -0.25) is 9.78 Å². The SMILES string of the molecule is Cc1cc2nccc(Oc3ccc(CC(=O)Cc4ccc(F)cc4)cc3)c2cc1C.O=C=O. The van der Waals surface area contributed by atoms with Gasteiger partial charge in [0.1, 0.15) is 23.1 Å². The third-order valence-corrected chi connectivity index (χ3v) is 5.18. The molecule has 0 radical (unpaired) electrons. The van der Waals surface area contributed by atoms with Gasteiger partial charge in [0.25, 0.3) is 0 Å². The first-order valence-corrected chi connectivity index (χ1v) is 10.3. The van der Waals surface area contributed by atoms with E-state index in [1.54, 1.807) is 18.3 Å². The fourth-order valence-corrected chi connectivity index (χ4v) is 3.39. The molecule has 4 rings (SSSR count). The molecule has 0 aliphatic rings. The van der Waals surface area contributed by atoms with E-state index >= 15 is 0 Å². The molecule has 0 fully saturated rings. The van der Waals surface area contributed by atoms with Crippen molar-refractivity contribution in [2.75, 3.05) is 0 Å². The van der Waals surface area contributed by atoms with Gasteiger partial charge < -0.3 is 4.74 Å². The number of Topliss-reactive ketones (excluding diaryl/α,β-unsaturated/α-hetero) is 1. The van der Waals surface area contributed by atoms with Crippen LogP contribution >= 0.6 is 0 Å². The number of carbonyl (C=O) groups is 1. The molecule has 0 bridgehead atoms. The minimum absolute atomic E-state index is 0.0845. The van der Waals surface area contributed by atoms with E-state index in [2.05, 4.69) is 31.0 Å². The van der Waals surface area contributed by atoms with E-state index in [4.69, 9.17) is 14.3 Å². The van der Waals surface area contributed by atoms with Gasteiger partial charge in [-0.1, -0.05) is 24.3 Å². The first-order chi connectivity index (χ1) is 15.9. The van der Waals surface area contributed by atoms with Crippen molar-refractivity contribution in [1.29, 1.82) is 0 Å². The number of rotatable bonds is 6. The average molecular weight is 443 g/mol. The van der Waals surface area contributed by atoms with E-state index in [1.807, 2.05) is 30.3 Å². The second-order valence-corrected chi connectivity index (χ2v) is 7.61. The summed E-state index contributed by atoms with van der Waals surface area (Å²) in [6, 6.07) is 19.6. The number of ether oxygens (including phenoxy) is 1. The molecular weight excluding hydrogens is 421 g/mol. The third-order valence-electron chi connectivity index (χ3n) is 5.18. The Bertz CT molecular complexity index is 1290. The monoisotopic (exact) mass is 443 g/mol. The van der Waals surface area contributed by atoms with Gasteiger partial charge in [0.15, 0.2) is 0 Å². The molecule has 0 atom stereocenters. The van der Waals surface area contributed by atoms with Crippen molar-refractivity contribution < 1.29 is 23.5 Å². The smallest absolute Gasteiger partial charge is 0.373 e. The normalized spacial score (nSPS) is 10.2. The summed E-state index contributed by atoms with van der Waals surface area (Å²) in [6.45, 7) is 4.14. The number of ketones is 1. The lowest BCUT2D eigenvalue weighted by atomic mass is 10.0. The van der Waals surface area contributed by atoms with Gasteiger partial charge in [0.05, 0.1) is 5.52 Å². The molecular formula is C27H22FNO4. The van der Waals surface area contributed by atoms with Crippen LogP contribution < -0.4 is 4.74 Å². The van der Waals surface area contributed by atoms with Crippen LogP contribution in [0.15, 0.2) is 72.9 Å². The van der Waals surface area contributed by atoms with E-state index < -0.39 is 0 Å². The van der Waals surface area contributed by atoms with E-state index in [9.17, 15) is 9.18 Å². The maximum Gasteiger partial charge on any atom is 0.373 e. The van der Waals surface area contributed by atoms with Crippen LogP contribution in [0.4, 0.5) is 4.39 Å². The molecule has 166 valence electrons. The molecule has 0 saturated heterocycles. The second-order valence-electron chi connectivity index (χ2n) is 7.61. The lowest BCUT2D eigenvalue weighted by Crippen LogP contribution is -2.06. The molecule has 1 aromatic heterocycles. The quantitative estimate of drug-likeness (QED) is 0.390. The highest BCUT2D eigenvalue weighted by Crippen LogP contribution is 2.30. The molecule has 0 N–H and O–H groups in total. The number of aryl methyl sites for hydroxylation is 2. The molecule has 1 heterocycles. The van der Waals surface area contributed by atoms with Crippen molar-refractivity contribution in [1.82, 2.24) is 4.98 Å². The number of pyridine rings is 1. The van der Waals surface area contributed by atoms with Gasteiger partial charge >= 0.3 is 6.15 Å². The fraction of sp³-hybridized carbons (Fsp3) is 0.148. The van der Waals surface area contributed by atoms with Crippen molar-refractivity contribution in [2.24, 2.45) is 0 Å². The van der Waals surface area contributed by atoms with Crippen LogP contribution in [0.2, 0.25) is 0 Å². The first-order valence-electron chi connectivity index (χ1n) is 10.3. The van der Waals surface area contributed by atoms with E-state index in [0.717, 1.165) is 27.8 Å². The highest BCUT2D eigenvalue weighted by atomic mass is 19.1. The van der Waals surface area contributed by atoms with Crippen LogP contribution in [0, 0.1) is 19.7 Å². The number of halogens is 1. The van der Waals surface area contributed by atoms with Gasteiger partial charge in [0, 0.05) is 24.4 Å². The van der Waals surface area contributed by atoms with Gasteiger partial charge in [0.2, 0.25) is 0 Å². The maximum absolute atomic E-state index is 13.0. The van der Waals surface area contributed by atoms with Crippen LogP contribution in [-0.2, 0) is 27.2 Å². The summed E-state index contributed by atoms with van der Waals surface area (Å²) in [5, 5.41) is 0.971. The highest BCUT2D eigenvalue weighted by molar-refractivity contribution is 5.86. The average Bonchev–Trinajstić information content (AvgIpc) is 2.78. The number of benzene rings is 3. The molecule has 0 aliphatic heterocycles. The number of hydrogen-bond acceptors (Lipinski definition) is 5. The number of nitrogens with zero attached hydrogens (tertiary/aromatic N) is 1. The van der Waals surface area contributed by atoms with Gasteiger partial charge in [-0.2, -0.15) is 9.59 Å². The van der Waals surface area contributed by atoms with E-state index in [-0.39, 0.29) is 17.8 Å². The molecule has 0 spiro atoms. The lowest BCUT2D eigenvalue weighted by molar-refractivity contribution is -0.191. The molecule has 0 amide bonds. The fourth-order valence-electron chi connectivity index (χ4n) is 3.39. The predicted octanol–water partition coefficient (Wildman–Crippen LogP) is 5.55. The Balaban J connectivity index is 0.000000968. The van der Waals surface area contributed by atoms with Crippen molar-refractivity contribution >= 4 is 22.8 Å². The predicted molar refractivity (Wildman–Crippen MR) is 122 cm³/mol. The summed E-state index contributed by atoms with van der Waals surface area (Å²) in [4.78, 5) is 33.0. The summed E-state index contributed by atoms with van der Waals surface area (Å²) >= 11 is 0. The largest absolute Gasteiger partial charge is 0.457 e. The summed E-state index contributed by atoms with van der Waals surface area (Å²) in [7, 11) is 0. The van der Waals surface area contributed by atoms with Crippen LogP contribution in [-0.4, -0.2) is 16.9 Å². The molecule has 6 heteroatoms. The molecule has 0 unspecified atom stereocenters. The first kappa shape index (κ1) is 23.5. The lowest BCUT2D eigenvalue weighted by Gasteiger charge is -2.11. The Labute approximate surface area is 190 Å². The highest BCUT2D eigenvalue weighted by Gasteiger charge is 2.09. The number of aromatic nitrogens is 1. The van der Waals surface area contributed by atoms with Gasteiger partial charge in [-0.05, 0) is 78.6 Å². The Kier molecular flexibility index (Phi) is 7.79. The van der Waals surface area contributed by atoms with Crippen molar-refractivity contribution in [2.45, 2.75) is 26.7 Å². The molecule has 0 aliphatic carbocycles. The van der Waals surface area contributed by atoms with Crippen LogP contribution in [0.5, 0.6) is 11.5 Å². The standard InChI is InChI=1S/C26H22FNO2.CO2/c1-17-13-24-25(14-18(17)2)28-12-11-26(24)30-23-9-5-20(6-10-23)16-22(29)15-19-3-7-21(27)8-4-19;2-1-3/h3-14H,15-16H2,1-2H3;. The summed E-state index contributed by atoms with van der Waals surface area (Å²) in [5.74, 6) is 1.24. The Morgan fingerprint density at radius 2 is 1.42 bits per heavy atom. The zero-order valence-electron chi connectivity index (χ0n) is 18.3. The summed E-state index contributed by atoms with van der Waals surface area (Å²) < 4.78 is 19.1. The minimum Gasteiger partial charge on any atom is -0.457 e. The zero-order valence-corrected chi connectivity index (χ0v) is 18.3. The summed E-state index contributed by atoms with van der Waals surface area (Å²) in [5.41, 5.74) is 5.02. The second kappa shape index (κ2) is 10.9.